The maximum Gasteiger partial charge on any atom is 0.211 e. The lowest BCUT2D eigenvalue weighted by atomic mass is 10.1. The number of benzene rings is 1. The van der Waals surface area contributed by atoms with E-state index in [0.29, 0.717) is 5.56 Å². The topological polar surface area (TPSA) is 69.6 Å². The highest BCUT2D eigenvalue weighted by Gasteiger charge is 2.15. The van der Waals surface area contributed by atoms with E-state index in [4.69, 9.17) is 0 Å². The number of anilines is 1. The molecule has 5 nitrogen and oxygen atoms in total. The molecule has 1 rings (SSSR count). The summed E-state index contributed by atoms with van der Waals surface area (Å²) in [6.45, 7) is 3.68. The summed E-state index contributed by atoms with van der Waals surface area (Å²) in [4.78, 5) is 1.96. The van der Waals surface area contributed by atoms with Crippen molar-refractivity contribution in [2.24, 2.45) is 5.92 Å². The van der Waals surface area contributed by atoms with Crippen LogP contribution in [0.15, 0.2) is 24.3 Å². The monoisotopic (exact) mass is 300 g/mol. The van der Waals surface area contributed by atoms with Crippen molar-refractivity contribution in [3.05, 3.63) is 29.8 Å². The van der Waals surface area contributed by atoms with E-state index in [1.54, 1.807) is 12.1 Å². The molecule has 0 saturated carbocycles. The van der Waals surface area contributed by atoms with E-state index in [0.717, 1.165) is 5.69 Å². The SMILES string of the molecule is CC(C)CS(=O)(=O)NCC(O)c1ccc(N(C)C)cc1. The van der Waals surface area contributed by atoms with E-state index < -0.39 is 16.1 Å². The van der Waals surface area contributed by atoms with Crippen molar-refractivity contribution < 1.29 is 13.5 Å². The van der Waals surface area contributed by atoms with Gasteiger partial charge in [0.25, 0.3) is 0 Å². The van der Waals surface area contributed by atoms with Crippen LogP contribution in [0.2, 0.25) is 0 Å². The molecule has 0 aliphatic carbocycles. The first kappa shape index (κ1) is 16.9. The van der Waals surface area contributed by atoms with Gasteiger partial charge in [0, 0.05) is 26.3 Å². The zero-order valence-electron chi connectivity index (χ0n) is 12.5. The van der Waals surface area contributed by atoms with Crippen LogP contribution in [-0.4, -0.2) is 39.9 Å². The molecular formula is C14H24N2O3S. The summed E-state index contributed by atoms with van der Waals surface area (Å²) in [5.74, 6) is 0.128. The third-order valence-corrected chi connectivity index (χ3v) is 4.56. The van der Waals surface area contributed by atoms with Gasteiger partial charge in [-0.1, -0.05) is 26.0 Å². The molecule has 0 aliphatic heterocycles. The lowest BCUT2D eigenvalue weighted by molar-refractivity contribution is 0.182. The van der Waals surface area contributed by atoms with Crippen molar-refractivity contribution in [3.8, 4) is 0 Å². The maximum absolute atomic E-state index is 11.7. The number of nitrogens with zero attached hydrogens (tertiary/aromatic N) is 1. The molecule has 1 atom stereocenters. The third-order valence-electron chi connectivity index (χ3n) is 2.84. The van der Waals surface area contributed by atoms with Crippen LogP contribution < -0.4 is 9.62 Å². The summed E-state index contributed by atoms with van der Waals surface area (Å²) in [6.07, 6.45) is -0.840. The molecule has 20 heavy (non-hydrogen) atoms. The van der Waals surface area contributed by atoms with Crippen LogP contribution in [0.3, 0.4) is 0 Å². The van der Waals surface area contributed by atoms with Crippen LogP contribution in [-0.2, 0) is 10.0 Å². The van der Waals surface area contributed by atoms with Crippen molar-refractivity contribution >= 4 is 15.7 Å². The Morgan fingerprint density at radius 1 is 1.20 bits per heavy atom. The fourth-order valence-electron chi connectivity index (χ4n) is 1.82. The van der Waals surface area contributed by atoms with Gasteiger partial charge in [-0.3, -0.25) is 0 Å². The van der Waals surface area contributed by atoms with E-state index in [9.17, 15) is 13.5 Å². The minimum absolute atomic E-state index is 0.00361. The fourth-order valence-corrected chi connectivity index (χ4v) is 3.22. The number of nitrogens with one attached hydrogen (secondary N) is 1. The molecule has 0 saturated heterocycles. The van der Waals surface area contributed by atoms with Gasteiger partial charge in [0.1, 0.15) is 0 Å². The van der Waals surface area contributed by atoms with Gasteiger partial charge >= 0.3 is 0 Å². The van der Waals surface area contributed by atoms with E-state index in [1.807, 2.05) is 45.0 Å². The molecule has 1 aromatic carbocycles. The Bertz CT molecular complexity index is 510. The molecule has 0 amide bonds. The van der Waals surface area contributed by atoms with Gasteiger partial charge in [0.2, 0.25) is 10.0 Å². The third kappa shape index (κ3) is 5.48. The molecule has 114 valence electrons. The van der Waals surface area contributed by atoms with Crippen molar-refractivity contribution in [2.45, 2.75) is 20.0 Å². The van der Waals surface area contributed by atoms with Crippen molar-refractivity contribution in [1.82, 2.24) is 4.72 Å². The first-order valence-electron chi connectivity index (χ1n) is 6.64. The van der Waals surface area contributed by atoms with Crippen LogP contribution >= 0.6 is 0 Å². The Labute approximate surface area is 121 Å². The molecule has 1 unspecified atom stereocenters. The highest BCUT2D eigenvalue weighted by atomic mass is 32.2. The molecule has 1 aromatic rings. The number of rotatable bonds is 7. The molecule has 6 heteroatoms. The standard InChI is InChI=1S/C14H24N2O3S/c1-11(2)10-20(18,19)15-9-14(17)12-5-7-13(8-6-12)16(3)4/h5-8,11,14-15,17H,9-10H2,1-4H3. The summed E-state index contributed by atoms with van der Waals surface area (Å²) in [7, 11) is 0.548. The number of hydrogen-bond acceptors (Lipinski definition) is 4. The van der Waals surface area contributed by atoms with Crippen molar-refractivity contribution in [3.63, 3.8) is 0 Å². The first-order valence-corrected chi connectivity index (χ1v) is 8.29. The van der Waals surface area contributed by atoms with Crippen molar-refractivity contribution in [2.75, 3.05) is 31.3 Å². The Kier molecular flexibility index (Phi) is 5.98. The van der Waals surface area contributed by atoms with E-state index in [2.05, 4.69) is 4.72 Å². The number of aliphatic hydroxyl groups excluding tert-OH is 1. The molecule has 0 bridgehead atoms. The summed E-state index contributed by atoms with van der Waals surface area (Å²) >= 11 is 0. The van der Waals surface area contributed by atoms with Crippen LogP contribution in [0, 0.1) is 5.92 Å². The number of sulfonamides is 1. The minimum atomic E-state index is -3.32. The molecule has 0 fully saturated rings. The minimum Gasteiger partial charge on any atom is -0.387 e. The second-order valence-electron chi connectivity index (χ2n) is 5.53. The van der Waals surface area contributed by atoms with Gasteiger partial charge in [0.15, 0.2) is 0 Å². The lowest BCUT2D eigenvalue weighted by Gasteiger charge is -2.16. The molecular weight excluding hydrogens is 276 g/mol. The second-order valence-corrected chi connectivity index (χ2v) is 7.38. The Hall–Kier alpha value is -1.11. The van der Waals surface area contributed by atoms with Gasteiger partial charge in [-0.25, -0.2) is 13.1 Å². The van der Waals surface area contributed by atoms with Gasteiger partial charge in [-0.15, -0.1) is 0 Å². The smallest absolute Gasteiger partial charge is 0.211 e. The predicted octanol–water partition coefficient (Wildman–Crippen LogP) is 1.36. The average molecular weight is 300 g/mol. The maximum atomic E-state index is 11.7. The number of hydrogen-bond donors (Lipinski definition) is 2. The quantitative estimate of drug-likeness (QED) is 0.798. The van der Waals surface area contributed by atoms with E-state index >= 15 is 0 Å². The van der Waals surface area contributed by atoms with Gasteiger partial charge < -0.3 is 10.0 Å². The summed E-state index contributed by atoms with van der Waals surface area (Å²) < 4.78 is 25.8. The molecule has 0 aliphatic rings. The zero-order valence-corrected chi connectivity index (χ0v) is 13.3. The van der Waals surface area contributed by atoms with Crippen molar-refractivity contribution in [1.29, 1.82) is 0 Å². The Morgan fingerprint density at radius 2 is 1.75 bits per heavy atom. The highest BCUT2D eigenvalue weighted by molar-refractivity contribution is 7.89. The summed E-state index contributed by atoms with van der Waals surface area (Å²) in [5, 5.41) is 10.0. The highest BCUT2D eigenvalue weighted by Crippen LogP contribution is 2.17. The van der Waals surface area contributed by atoms with Crippen LogP contribution in [0.25, 0.3) is 0 Å². The normalized spacial score (nSPS) is 13.5. The molecule has 2 N–H and O–H groups in total. The Morgan fingerprint density at radius 3 is 2.20 bits per heavy atom. The average Bonchev–Trinajstić information content (AvgIpc) is 2.34. The number of aliphatic hydroxyl groups is 1. The molecule has 0 radical (unpaired) electrons. The van der Waals surface area contributed by atoms with Crippen LogP contribution in [0.4, 0.5) is 5.69 Å². The lowest BCUT2D eigenvalue weighted by Crippen LogP contribution is -2.32. The zero-order chi connectivity index (χ0) is 15.3. The van der Waals surface area contributed by atoms with Gasteiger partial charge in [-0.05, 0) is 23.6 Å². The van der Waals surface area contributed by atoms with Crippen LogP contribution in [0.1, 0.15) is 25.5 Å². The second kappa shape index (κ2) is 7.06. The molecule has 0 aromatic heterocycles. The largest absolute Gasteiger partial charge is 0.387 e. The predicted molar refractivity (Wildman–Crippen MR) is 82.4 cm³/mol. The first-order chi connectivity index (χ1) is 9.21. The Balaban J connectivity index is 2.61. The molecule has 0 heterocycles. The summed E-state index contributed by atoms with van der Waals surface area (Å²) in [5.41, 5.74) is 1.73. The summed E-state index contributed by atoms with van der Waals surface area (Å²) in [6, 6.07) is 7.38. The van der Waals surface area contributed by atoms with Gasteiger partial charge in [-0.2, -0.15) is 0 Å². The van der Waals surface area contributed by atoms with Crippen LogP contribution in [0.5, 0.6) is 0 Å². The van der Waals surface area contributed by atoms with E-state index in [1.165, 1.54) is 0 Å². The van der Waals surface area contributed by atoms with Gasteiger partial charge in [0.05, 0.1) is 11.9 Å². The van der Waals surface area contributed by atoms with E-state index in [-0.39, 0.29) is 18.2 Å². The fraction of sp³-hybridized carbons (Fsp3) is 0.571. The molecule has 0 spiro atoms.